The molecule has 1 saturated carbocycles. The second-order valence-electron chi connectivity index (χ2n) is 9.86. The van der Waals surface area contributed by atoms with Crippen LogP contribution < -0.4 is 19.5 Å². The molecule has 0 spiro atoms. The fourth-order valence-electron chi connectivity index (χ4n) is 4.43. The van der Waals surface area contributed by atoms with Gasteiger partial charge < -0.3 is 24.3 Å². The van der Waals surface area contributed by atoms with Gasteiger partial charge in [0.2, 0.25) is 0 Å². The van der Waals surface area contributed by atoms with Crippen LogP contribution in [0, 0.1) is 0 Å². The molecule has 0 bridgehead atoms. The highest BCUT2D eigenvalue weighted by Gasteiger charge is 2.31. The van der Waals surface area contributed by atoms with Crippen LogP contribution in [0.2, 0.25) is 0 Å². The molecule has 218 valence electrons. The number of nitrogens with one attached hydrogen (secondary N) is 2. The van der Waals surface area contributed by atoms with Crippen LogP contribution in [0.5, 0.6) is 17.2 Å². The van der Waals surface area contributed by atoms with Crippen molar-refractivity contribution in [2.75, 3.05) is 40.2 Å². The van der Waals surface area contributed by atoms with Crippen LogP contribution >= 0.6 is 0 Å². The lowest BCUT2D eigenvalue weighted by Crippen LogP contribution is -2.40. The van der Waals surface area contributed by atoms with Crippen LogP contribution in [0.3, 0.4) is 0 Å². The Balaban J connectivity index is 1.32. The summed E-state index contributed by atoms with van der Waals surface area (Å²) in [5.74, 6) is 0.859. The number of amides is 2. The number of rotatable bonds is 12. The van der Waals surface area contributed by atoms with E-state index in [9.17, 15) is 14.4 Å². The molecule has 0 saturated heterocycles. The zero-order valence-corrected chi connectivity index (χ0v) is 23.6. The molecule has 0 radical (unpaired) electrons. The van der Waals surface area contributed by atoms with Gasteiger partial charge in [0.1, 0.15) is 30.0 Å². The number of carbonyl (C=O) groups is 3. The molecule has 12 heteroatoms. The molecule has 1 aliphatic carbocycles. The molecule has 3 aromatic rings. The Bertz CT molecular complexity index is 1340. The van der Waals surface area contributed by atoms with Gasteiger partial charge in [-0.05, 0) is 24.8 Å². The highest BCUT2D eigenvalue weighted by molar-refractivity contribution is 5.91. The van der Waals surface area contributed by atoms with Crippen molar-refractivity contribution in [1.29, 1.82) is 0 Å². The van der Waals surface area contributed by atoms with Crippen molar-refractivity contribution in [2.24, 2.45) is 0 Å². The minimum atomic E-state index is -0.459. The average molecular weight is 566 g/mol. The van der Waals surface area contributed by atoms with E-state index in [-0.39, 0.29) is 42.3 Å². The molecule has 2 atom stereocenters. The number of aldehydes is 1. The number of ether oxygens (including phenoxy) is 4. The predicted octanol–water partition coefficient (Wildman–Crippen LogP) is 4.01. The van der Waals surface area contributed by atoms with Gasteiger partial charge in [0, 0.05) is 51.0 Å². The summed E-state index contributed by atoms with van der Waals surface area (Å²) < 4.78 is 22.5. The van der Waals surface area contributed by atoms with Gasteiger partial charge in [-0.25, -0.2) is 14.8 Å². The Morgan fingerprint density at radius 3 is 2.49 bits per heavy atom. The number of hydrogen-bond donors (Lipinski definition) is 2. The molecule has 2 amide bonds. The van der Waals surface area contributed by atoms with Gasteiger partial charge in [0.15, 0.2) is 18.7 Å². The van der Waals surface area contributed by atoms with Gasteiger partial charge in [0.25, 0.3) is 5.91 Å². The minimum absolute atomic E-state index is 0.119. The van der Waals surface area contributed by atoms with Crippen LogP contribution in [0.1, 0.15) is 46.8 Å². The predicted molar refractivity (Wildman–Crippen MR) is 150 cm³/mol. The van der Waals surface area contributed by atoms with Crippen molar-refractivity contribution in [2.45, 2.75) is 37.9 Å². The van der Waals surface area contributed by atoms with Gasteiger partial charge in [-0.2, -0.15) is 5.10 Å². The Morgan fingerprint density at radius 1 is 1.07 bits per heavy atom. The van der Waals surface area contributed by atoms with E-state index in [1.54, 1.807) is 38.3 Å². The van der Waals surface area contributed by atoms with Crippen molar-refractivity contribution in [3.05, 3.63) is 65.4 Å². The SMILES string of the molecule is COc1cc(OCC(=O)Nc2cc([C@H]3CC[C@@H](OC(=O)N(C)N(C)C)C3)[nH]n2)c(C=O)c(OCc2ccccc2)c1. The lowest BCUT2D eigenvalue weighted by atomic mass is 10.0. The zero-order chi connectivity index (χ0) is 29.4. The van der Waals surface area contributed by atoms with E-state index in [0.29, 0.717) is 24.3 Å². The molecular weight excluding hydrogens is 530 g/mol. The Labute approximate surface area is 238 Å². The number of nitrogens with zero attached hydrogens (tertiary/aromatic N) is 3. The smallest absolute Gasteiger partial charge is 0.424 e. The first-order valence-corrected chi connectivity index (χ1v) is 13.2. The molecule has 0 unspecified atom stereocenters. The first-order valence-electron chi connectivity index (χ1n) is 13.2. The normalized spacial score (nSPS) is 16.2. The van der Waals surface area contributed by atoms with Crippen LogP contribution in [0.25, 0.3) is 0 Å². The molecule has 0 aliphatic heterocycles. The van der Waals surface area contributed by atoms with Crippen molar-refractivity contribution in [3.63, 3.8) is 0 Å². The largest absolute Gasteiger partial charge is 0.496 e. The number of aromatic amines is 1. The molecule has 12 nitrogen and oxygen atoms in total. The number of aromatic nitrogens is 2. The van der Waals surface area contributed by atoms with Crippen molar-refractivity contribution < 1.29 is 33.3 Å². The third-order valence-electron chi connectivity index (χ3n) is 6.85. The molecule has 1 fully saturated rings. The first kappa shape index (κ1) is 29.4. The summed E-state index contributed by atoms with van der Waals surface area (Å²) >= 11 is 0. The summed E-state index contributed by atoms with van der Waals surface area (Å²) in [6.45, 7) is -0.122. The van der Waals surface area contributed by atoms with Gasteiger partial charge in [-0.1, -0.05) is 30.3 Å². The highest BCUT2D eigenvalue weighted by Crippen LogP contribution is 2.36. The molecule has 1 heterocycles. The zero-order valence-electron chi connectivity index (χ0n) is 23.6. The van der Waals surface area contributed by atoms with E-state index in [0.717, 1.165) is 24.1 Å². The van der Waals surface area contributed by atoms with Gasteiger partial charge in [-0.3, -0.25) is 14.7 Å². The average Bonchev–Trinajstić information content (AvgIpc) is 3.64. The fraction of sp³-hybridized carbons (Fsp3) is 0.379. The van der Waals surface area contributed by atoms with Gasteiger partial charge in [-0.15, -0.1) is 0 Å². The second-order valence-corrected chi connectivity index (χ2v) is 9.86. The van der Waals surface area contributed by atoms with Crippen LogP contribution in [-0.4, -0.2) is 79.5 Å². The van der Waals surface area contributed by atoms with E-state index >= 15 is 0 Å². The third kappa shape index (κ3) is 7.76. The summed E-state index contributed by atoms with van der Waals surface area (Å²) in [5.41, 5.74) is 1.94. The molecule has 1 aliphatic rings. The van der Waals surface area contributed by atoms with Crippen LogP contribution in [-0.2, 0) is 16.1 Å². The minimum Gasteiger partial charge on any atom is -0.496 e. The highest BCUT2D eigenvalue weighted by atomic mass is 16.6. The molecule has 4 rings (SSSR count). The number of hydrazine groups is 1. The van der Waals surface area contributed by atoms with E-state index in [1.807, 2.05) is 30.3 Å². The summed E-state index contributed by atoms with van der Waals surface area (Å²) in [5, 5.41) is 12.9. The summed E-state index contributed by atoms with van der Waals surface area (Å²) in [7, 11) is 6.67. The van der Waals surface area contributed by atoms with Gasteiger partial charge in [0.05, 0.1) is 12.7 Å². The van der Waals surface area contributed by atoms with Gasteiger partial charge >= 0.3 is 6.09 Å². The summed E-state index contributed by atoms with van der Waals surface area (Å²) in [6, 6.07) is 14.4. The summed E-state index contributed by atoms with van der Waals surface area (Å²) in [4.78, 5) is 36.8. The van der Waals surface area contributed by atoms with Crippen molar-refractivity contribution in [3.8, 4) is 17.2 Å². The Kier molecular flexibility index (Phi) is 9.80. The molecule has 2 aromatic carbocycles. The number of H-pyrrole nitrogens is 1. The molecular formula is C29H35N5O7. The quantitative estimate of drug-likeness (QED) is 0.247. The van der Waals surface area contributed by atoms with E-state index < -0.39 is 12.0 Å². The molecule has 41 heavy (non-hydrogen) atoms. The van der Waals surface area contributed by atoms with Crippen LogP contribution in [0.15, 0.2) is 48.5 Å². The number of anilines is 1. The first-order chi connectivity index (χ1) is 19.8. The second kappa shape index (κ2) is 13.7. The topological polar surface area (TPSA) is 135 Å². The summed E-state index contributed by atoms with van der Waals surface area (Å²) in [6.07, 6.45) is 2.25. The van der Waals surface area contributed by atoms with Crippen molar-refractivity contribution in [1.82, 2.24) is 20.2 Å². The molecule has 2 N–H and O–H groups in total. The van der Waals surface area contributed by atoms with Crippen LogP contribution in [0.4, 0.5) is 10.6 Å². The number of hydrogen-bond acceptors (Lipinski definition) is 9. The number of carbonyl (C=O) groups excluding carboxylic acids is 3. The lowest BCUT2D eigenvalue weighted by Gasteiger charge is -2.25. The number of benzene rings is 2. The molecule has 1 aromatic heterocycles. The van der Waals surface area contributed by atoms with E-state index in [2.05, 4.69) is 15.5 Å². The van der Waals surface area contributed by atoms with E-state index in [1.165, 1.54) is 18.2 Å². The Morgan fingerprint density at radius 2 is 1.80 bits per heavy atom. The number of methoxy groups -OCH3 is 1. The maximum absolute atomic E-state index is 12.7. The monoisotopic (exact) mass is 565 g/mol. The fourth-order valence-corrected chi connectivity index (χ4v) is 4.43. The lowest BCUT2D eigenvalue weighted by molar-refractivity contribution is -0.118. The standard InChI is InChI=1S/C29H35N5O7/c1-33(2)34(3)29(37)41-21-11-10-20(12-21)24-15-27(32-31-24)30-28(36)18-40-26-14-22(38-4)13-25(23(26)16-35)39-17-19-8-6-5-7-9-19/h5-9,13-16,20-21H,10-12,17-18H2,1-4H3,(H2,30,31,32,36)/t20-,21+/m0/s1. The van der Waals surface area contributed by atoms with E-state index in [4.69, 9.17) is 18.9 Å². The van der Waals surface area contributed by atoms with Crippen molar-refractivity contribution >= 4 is 24.1 Å². The maximum atomic E-state index is 12.7. The Hall–Kier alpha value is -4.58. The third-order valence-corrected chi connectivity index (χ3v) is 6.85. The maximum Gasteiger partial charge on any atom is 0.424 e.